The quantitative estimate of drug-likeness (QED) is 0.817. The summed E-state index contributed by atoms with van der Waals surface area (Å²) in [4.78, 5) is 31.7. The Morgan fingerprint density at radius 3 is 2.47 bits per heavy atom. The number of halogens is 1. The minimum atomic E-state index is -0.441. The summed E-state index contributed by atoms with van der Waals surface area (Å²) in [5.74, 6) is -0.314. The number of hydrogen-bond donors (Lipinski definition) is 1. The van der Waals surface area contributed by atoms with Crippen molar-refractivity contribution in [1.82, 2.24) is 15.2 Å². The number of likely N-dealkylation sites (tertiary alicyclic amines) is 1. The van der Waals surface area contributed by atoms with Gasteiger partial charge in [-0.2, -0.15) is 0 Å². The maximum absolute atomic E-state index is 14.5. The molecule has 158 valence electrons. The van der Waals surface area contributed by atoms with E-state index in [0.717, 1.165) is 25.8 Å². The van der Waals surface area contributed by atoms with Gasteiger partial charge in [-0.1, -0.05) is 6.92 Å². The van der Waals surface area contributed by atoms with E-state index >= 15 is 0 Å². The Morgan fingerprint density at radius 2 is 1.90 bits per heavy atom. The standard InChI is InChI=1S/C24H28FN3O2/c1-14-9-10-28(24(14,3)4)23(30)16-5-8-21(26-13-16)19-11-17(12-20(25)15(19)2)22(29)27-18-6-7-18/h5,8,11-14,18H,6-7,9-10H2,1-4H3,(H,27,29). The molecule has 0 bridgehead atoms. The van der Waals surface area contributed by atoms with Crippen LogP contribution in [0.1, 0.15) is 66.3 Å². The van der Waals surface area contributed by atoms with Crippen LogP contribution in [-0.2, 0) is 0 Å². The Bertz CT molecular complexity index is 996. The number of pyridine rings is 1. The molecule has 1 atom stereocenters. The van der Waals surface area contributed by atoms with E-state index in [4.69, 9.17) is 0 Å². The lowest BCUT2D eigenvalue weighted by Crippen LogP contribution is -2.45. The molecule has 2 amide bonds. The number of benzene rings is 1. The van der Waals surface area contributed by atoms with Gasteiger partial charge in [0.05, 0.1) is 11.3 Å². The molecule has 1 saturated carbocycles. The van der Waals surface area contributed by atoms with Crippen LogP contribution in [0.15, 0.2) is 30.5 Å². The zero-order valence-corrected chi connectivity index (χ0v) is 18.0. The number of hydrogen-bond acceptors (Lipinski definition) is 3. The smallest absolute Gasteiger partial charge is 0.255 e. The molecule has 1 aromatic carbocycles. The largest absolute Gasteiger partial charge is 0.349 e. The predicted octanol–water partition coefficient (Wildman–Crippen LogP) is 4.35. The Kier molecular flexibility index (Phi) is 5.12. The molecule has 2 aromatic rings. The Hall–Kier alpha value is -2.76. The molecule has 1 aromatic heterocycles. The van der Waals surface area contributed by atoms with Gasteiger partial charge in [-0.15, -0.1) is 0 Å². The number of aromatic nitrogens is 1. The highest BCUT2D eigenvalue weighted by molar-refractivity contribution is 5.96. The predicted molar refractivity (Wildman–Crippen MR) is 114 cm³/mol. The third-order valence-corrected chi connectivity index (χ3v) is 6.74. The van der Waals surface area contributed by atoms with Gasteiger partial charge < -0.3 is 10.2 Å². The molecule has 1 aliphatic carbocycles. The lowest BCUT2D eigenvalue weighted by molar-refractivity contribution is 0.0611. The van der Waals surface area contributed by atoms with Crippen LogP contribution in [0, 0.1) is 18.7 Å². The fourth-order valence-electron chi connectivity index (χ4n) is 4.00. The SMILES string of the molecule is Cc1c(F)cc(C(=O)NC2CC2)cc1-c1ccc(C(=O)N2CCC(C)C2(C)C)cn1. The van der Waals surface area contributed by atoms with Crippen molar-refractivity contribution in [3.8, 4) is 11.3 Å². The van der Waals surface area contributed by atoms with Crippen molar-refractivity contribution in [3.05, 3.63) is 53.0 Å². The number of nitrogens with zero attached hydrogens (tertiary/aromatic N) is 2. The highest BCUT2D eigenvalue weighted by Crippen LogP contribution is 2.35. The molecule has 30 heavy (non-hydrogen) atoms. The molecule has 1 unspecified atom stereocenters. The first-order valence-electron chi connectivity index (χ1n) is 10.6. The number of carbonyl (C=O) groups excluding carboxylic acids is 2. The molecule has 6 heteroatoms. The van der Waals surface area contributed by atoms with E-state index in [-0.39, 0.29) is 29.0 Å². The Labute approximate surface area is 176 Å². The van der Waals surface area contributed by atoms with Crippen LogP contribution in [0.4, 0.5) is 4.39 Å². The van der Waals surface area contributed by atoms with Crippen molar-refractivity contribution < 1.29 is 14.0 Å². The number of nitrogens with one attached hydrogen (secondary N) is 1. The maximum Gasteiger partial charge on any atom is 0.255 e. The average molecular weight is 410 g/mol. The van der Waals surface area contributed by atoms with Gasteiger partial charge in [0, 0.05) is 35.4 Å². The molecule has 2 heterocycles. The number of rotatable bonds is 4. The fraction of sp³-hybridized carbons (Fsp3) is 0.458. The average Bonchev–Trinajstić information content (AvgIpc) is 3.48. The monoisotopic (exact) mass is 409 g/mol. The maximum atomic E-state index is 14.5. The molecular weight excluding hydrogens is 381 g/mol. The van der Waals surface area contributed by atoms with E-state index in [1.807, 2.05) is 4.90 Å². The van der Waals surface area contributed by atoms with Crippen molar-refractivity contribution in [1.29, 1.82) is 0 Å². The summed E-state index contributed by atoms with van der Waals surface area (Å²) in [7, 11) is 0. The minimum Gasteiger partial charge on any atom is -0.349 e. The molecule has 2 aliphatic rings. The Balaban J connectivity index is 1.60. The van der Waals surface area contributed by atoms with Crippen LogP contribution >= 0.6 is 0 Å². The normalized spacial score (nSPS) is 20.3. The first-order valence-corrected chi connectivity index (χ1v) is 10.6. The van der Waals surface area contributed by atoms with Crippen LogP contribution in [0.3, 0.4) is 0 Å². The summed E-state index contributed by atoms with van der Waals surface area (Å²) >= 11 is 0. The zero-order valence-electron chi connectivity index (χ0n) is 18.0. The summed E-state index contributed by atoms with van der Waals surface area (Å²) < 4.78 is 14.5. The molecule has 1 N–H and O–H groups in total. The van der Waals surface area contributed by atoms with Gasteiger partial charge in [0.1, 0.15) is 5.82 Å². The van der Waals surface area contributed by atoms with E-state index in [9.17, 15) is 14.0 Å². The molecule has 0 radical (unpaired) electrons. The van der Waals surface area contributed by atoms with Crippen LogP contribution in [-0.4, -0.2) is 39.8 Å². The van der Waals surface area contributed by atoms with E-state index < -0.39 is 5.82 Å². The summed E-state index contributed by atoms with van der Waals surface area (Å²) in [5.41, 5.74) is 2.14. The summed E-state index contributed by atoms with van der Waals surface area (Å²) in [6, 6.07) is 6.60. The molecular formula is C24H28FN3O2. The first kappa shape index (κ1) is 20.5. The van der Waals surface area contributed by atoms with Gasteiger partial charge in [0.2, 0.25) is 0 Å². The van der Waals surface area contributed by atoms with Gasteiger partial charge in [0.15, 0.2) is 0 Å². The van der Waals surface area contributed by atoms with Gasteiger partial charge in [-0.25, -0.2) is 4.39 Å². The van der Waals surface area contributed by atoms with E-state index in [1.54, 1.807) is 31.3 Å². The molecule has 5 nitrogen and oxygen atoms in total. The summed E-state index contributed by atoms with van der Waals surface area (Å²) in [6.07, 6.45) is 4.47. The van der Waals surface area contributed by atoms with Gasteiger partial charge in [0.25, 0.3) is 11.8 Å². The number of carbonyl (C=O) groups is 2. The van der Waals surface area contributed by atoms with Gasteiger partial charge in [-0.05, 0) is 75.8 Å². The minimum absolute atomic E-state index is 0.0381. The van der Waals surface area contributed by atoms with Crippen LogP contribution in [0.2, 0.25) is 0 Å². The summed E-state index contributed by atoms with van der Waals surface area (Å²) in [6.45, 7) is 8.75. The topological polar surface area (TPSA) is 62.3 Å². The third kappa shape index (κ3) is 3.71. The fourth-order valence-corrected chi connectivity index (χ4v) is 4.00. The molecule has 4 rings (SSSR count). The van der Waals surface area contributed by atoms with Gasteiger partial charge >= 0.3 is 0 Å². The van der Waals surface area contributed by atoms with Crippen LogP contribution in [0.25, 0.3) is 11.3 Å². The van der Waals surface area contributed by atoms with E-state index in [2.05, 4.69) is 31.1 Å². The zero-order chi connectivity index (χ0) is 21.6. The van der Waals surface area contributed by atoms with Crippen LogP contribution < -0.4 is 5.32 Å². The highest BCUT2D eigenvalue weighted by Gasteiger charge is 2.41. The van der Waals surface area contributed by atoms with E-state index in [1.165, 1.54) is 6.07 Å². The molecule has 1 aliphatic heterocycles. The molecule has 1 saturated heterocycles. The van der Waals surface area contributed by atoms with E-state index in [0.29, 0.717) is 28.3 Å². The highest BCUT2D eigenvalue weighted by atomic mass is 19.1. The second kappa shape index (κ2) is 7.49. The van der Waals surface area contributed by atoms with Crippen molar-refractivity contribution >= 4 is 11.8 Å². The van der Waals surface area contributed by atoms with Crippen molar-refractivity contribution in [2.24, 2.45) is 5.92 Å². The van der Waals surface area contributed by atoms with Crippen LogP contribution in [0.5, 0.6) is 0 Å². The first-order chi connectivity index (χ1) is 14.2. The Morgan fingerprint density at radius 1 is 1.17 bits per heavy atom. The lowest BCUT2D eigenvalue weighted by atomic mass is 9.90. The molecule has 2 fully saturated rings. The molecule has 0 spiro atoms. The number of amides is 2. The van der Waals surface area contributed by atoms with Crippen molar-refractivity contribution in [2.45, 2.75) is 58.5 Å². The lowest BCUT2D eigenvalue weighted by Gasteiger charge is -2.34. The van der Waals surface area contributed by atoms with Crippen molar-refractivity contribution in [3.63, 3.8) is 0 Å². The third-order valence-electron chi connectivity index (χ3n) is 6.74. The van der Waals surface area contributed by atoms with Crippen molar-refractivity contribution in [2.75, 3.05) is 6.54 Å². The second-order valence-corrected chi connectivity index (χ2v) is 9.11. The summed E-state index contributed by atoms with van der Waals surface area (Å²) in [5, 5.41) is 2.89. The van der Waals surface area contributed by atoms with Gasteiger partial charge in [-0.3, -0.25) is 14.6 Å². The second-order valence-electron chi connectivity index (χ2n) is 9.11.